The molecule has 0 bridgehead atoms. The number of aliphatic carboxylic acids is 1. The molecule has 178 valence electrons. The standard InChI is InChI=1S/C28H25ClN2O4/c29-22-13-8-19(9-14-22)4-3-7-26(31-27(35-31)28(32)33)21-11-16-24(17-12-21)34-18-23-15-10-20-5-1-2-6-25(20)30-23/h1-2,5-6,8-17,26-27H,3-4,7,18H2,(H,32,33). The molecule has 1 aromatic heterocycles. The van der Waals surface area contributed by atoms with Gasteiger partial charge in [-0.15, -0.1) is 5.06 Å². The highest BCUT2D eigenvalue weighted by molar-refractivity contribution is 6.30. The van der Waals surface area contributed by atoms with Crippen LogP contribution in [0.25, 0.3) is 10.9 Å². The third kappa shape index (κ3) is 5.80. The van der Waals surface area contributed by atoms with E-state index in [9.17, 15) is 9.90 Å². The number of carboxylic acid groups (broad SMARTS) is 1. The number of carboxylic acids is 1. The van der Waals surface area contributed by atoms with Gasteiger partial charge in [-0.3, -0.25) is 4.84 Å². The Labute approximate surface area is 208 Å². The number of pyridine rings is 1. The van der Waals surface area contributed by atoms with Gasteiger partial charge in [0.1, 0.15) is 12.4 Å². The first kappa shape index (κ1) is 23.3. The summed E-state index contributed by atoms with van der Waals surface area (Å²) in [6.45, 7) is 0.366. The van der Waals surface area contributed by atoms with Crippen LogP contribution in [-0.4, -0.2) is 27.4 Å². The third-order valence-electron chi connectivity index (χ3n) is 6.09. The molecule has 2 heterocycles. The Kier molecular flexibility index (Phi) is 6.95. The molecule has 0 radical (unpaired) electrons. The van der Waals surface area contributed by atoms with Crippen LogP contribution < -0.4 is 4.74 Å². The van der Waals surface area contributed by atoms with Crippen LogP contribution in [0.4, 0.5) is 0 Å². The quantitative estimate of drug-likeness (QED) is 0.268. The van der Waals surface area contributed by atoms with Gasteiger partial charge in [0.25, 0.3) is 6.23 Å². The third-order valence-corrected chi connectivity index (χ3v) is 6.34. The van der Waals surface area contributed by atoms with Crippen molar-refractivity contribution in [3.63, 3.8) is 0 Å². The lowest BCUT2D eigenvalue weighted by Gasteiger charge is -2.17. The molecule has 1 aliphatic heterocycles. The molecule has 3 unspecified atom stereocenters. The molecule has 35 heavy (non-hydrogen) atoms. The highest BCUT2D eigenvalue weighted by Gasteiger charge is 2.48. The lowest BCUT2D eigenvalue weighted by molar-refractivity contribution is -0.138. The summed E-state index contributed by atoms with van der Waals surface area (Å²) in [6, 6.07) is 27.4. The minimum Gasteiger partial charge on any atom is -0.487 e. The summed E-state index contributed by atoms with van der Waals surface area (Å²) >= 11 is 5.97. The van der Waals surface area contributed by atoms with Crippen LogP contribution >= 0.6 is 11.6 Å². The van der Waals surface area contributed by atoms with Crippen LogP contribution in [0, 0.1) is 0 Å². The van der Waals surface area contributed by atoms with E-state index in [0.29, 0.717) is 11.6 Å². The fourth-order valence-electron chi connectivity index (χ4n) is 4.20. The molecule has 1 fully saturated rings. The first-order valence-electron chi connectivity index (χ1n) is 11.6. The van der Waals surface area contributed by atoms with E-state index in [1.54, 1.807) is 5.06 Å². The molecule has 3 aromatic carbocycles. The van der Waals surface area contributed by atoms with E-state index in [1.165, 1.54) is 5.56 Å². The van der Waals surface area contributed by atoms with Crippen LogP contribution in [0.2, 0.25) is 5.02 Å². The smallest absolute Gasteiger partial charge is 0.352 e. The van der Waals surface area contributed by atoms with Crippen LogP contribution in [0.15, 0.2) is 84.9 Å². The van der Waals surface area contributed by atoms with Crippen molar-refractivity contribution in [3.05, 3.63) is 107 Å². The second-order valence-corrected chi connectivity index (χ2v) is 8.98. The fraction of sp³-hybridized carbons (Fsp3) is 0.214. The van der Waals surface area contributed by atoms with Crippen LogP contribution in [-0.2, 0) is 22.7 Å². The molecule has 4 aromatic rings. The summed E-state index contributed by atoms with van der Waals surface area (Å²) in [7, 11) is 0. The van der Waals surface area contributed by atoms with Crippen molar-refractivity contribution in [1.29, 1.82) is 0 Å². The normalized spacial score (nSPS) is 17.7. The van der Waals surface area contributed by atoms with Crippen LogP contribution in [0.3, 0.4) is 0 Å². The lowest BCUT2D eigenvalue weighted by atomic mass is 9.99. The first-order valence-corrected chi connectivity index (χ1v) is 11.9. The molecular formula is C28H25ClN2O4. The Balaban J connectivity index is 1.22. The predicted octanol–water partition coefficient (Wildman–Crippen LogP) is 6.19. The van der Waals surface area contributed by atoms with Crippen molar-refractivity contribution < 1.29 is 19.5 Å². The molecule has 0 amide bonds. The largest absolute Gasteiger partial charge is 0.487 e. The van der Waals surface area contributed by atoms with E-state index < -0.39 is 12.2 Å². The molecule has 3 atom stereocenters. The minimum absolute atomic E-state index is 0.153. The van der Waals surface area contributed by atoms with Gasteiger partial charge in [0, 0.05) is 10.4 Å². The van der Waals surface area contributed by atoms with Gasteiger partial charge >= 0.3 is 5.97 Å². The van der Waals surface area contributed by atoms with Crippen molar-refractivity contribution in [2.75, 3.05) is 0 Å². The van der Waals surface area contributed by atoms with Crippen molar-refractivity contribution in [2.24, 2.45) is 0 Å². The average molecular weight is 489 g/mol. The van der Waals surface area contributed by atoms with Crippen molar-refractivity contribution in [1.82, 2.24) is 10.0 Å². The number of rotatable bonds is 10. The Hall–Kier alpha value is -3.45. The van der Waals surface area contributed by atoms with Gasteiger partial charge in [-0.25, -0.2) is 9.78 Å². The zero-order valence-corrected chi connectivity index (χ0v) is 19.8. The maximum atomic E-state index is 11.4. The number of carbonyl (C=O) groups is 1. The average Bonchev–Trinajstić information content (AvgIpc) is 3.68. The van der Waals surface area contributed by atoms with Crippen molar-refractivity contribution in [2.45, 2.75) is 38.1 Å². The number of benzene rings is 3. The Morgan fingerprint density at radius 2 is 1.80 bits per heavy atom. The van der Waals surface area contributed by atoms with Crippen LogP contribution in [0.1, 0.15) is 35.7 Å². The molecular weight excluding hydrogens is 464 g/mol. The van der Waals surface area contributed by atoms with Gasteiger partial charge < -0.3 is 9.84 Å². The van der Waals surface area contributed by atoms with E-state index >= 15 is 0 Å². The second kappa shape index (κ2) is 10.4. The predicted molar refractivity (Wildman–Crippen MR) is 134 cm³/mol. The molecule has 1 N–H and O–H groups in total. The fourth-order valence-corrected chi connectivity index (χ4v) is 4.33. The number of para-hydroxylation sites is 1. The number of hydroxylamine groups is 2. The number of fused-ring (bicyclic) bond motifs is 1. The Morgan fingerprint density at radius 3 is 2.54 bits per heavy atom. The number of nitrogens with zero attached hydrogens (tertiary/aromatic N) is 2. The Morgan fingerprint density at radius 1 is 1.03 bits per heavy atom. The summed E-state index contributed by atoms with van der Waals surface area (Å²) in [5, 5.41) is 12.7. The van der Waals surface area contributed by atoms with E-state index in [-0.39, 0.29) is 6.04 Å². The number of aromatic nitrogens is 1. The number of ether oxygens (including phenoxy) is 1. The van der Waals surface area contributed by atoms with Gasteiger partial charge in [0.2, 0.25) is 0 Å². The van der Waals surface area contributed by atoms with Crippen molar-refractivity contribution in [3.8, 4) is 5.75 Å². The Bertz CT molecular complexity index is 1310. The number of hydrogen-bond donors (Lipinski definition) is 1. The van der Waals surface area contributed by atoms with Gasteiger partial charge in [-0.1, -0.05) is 60.1 Å². The molecule has 7 heteroatoms. The molecule has 5 rings (SSSR count). The minimum atomic E-state index is -0.976. The monoisotopic (exact) mass is 488 g/mol. The number of halogens is 1. The van der Waals surface area contributed by atoms with Gasteiger partial charge in [0.15, 0.2) is 0 Å². The zero-order chi connectivity index (χ0) is 24.2. The van der Waals surface area contributed by atoms with E-state index in [0.717, 1.165) is 47.2 Å². The van der Waals surface area contributed by atoms with Gasteiger partial charge in [0.05, 0.1) is 17.3 Å². The topological polar surface area (TPSA) is 75.0 Å². The van der Waals surface area contributed by atoms with E-state index in [2.05, 4.69) is 4.98 Å². The second-order valence-electron chi connectivity index (χ2n) is 8.54. The summed E-state index contributed by atoms with van der Waals surface area (Å²) in [6.07, 6.45) is 1.61. The van der Waals surface area contributed by atoms with Gasteiger partial charge in [-0.05, 0) is 66.8 Å². The summed E-state index contributed by atoms with van der Waals surface area (Å²) in [5.74, 6) is -0.249. The SMILES string of the molecule is O=C(O)C1ON1C(CCCc1ccc(Cl)cc1)c1ccc(OCc2ccc3ccccc3n2)cc1. The molecule has 6 nitrogen and oxygen atoms in total. The zero-order valence-electron chi connectivity index (χ0n) is 19.0. The molecule has 1 saturated heterocycles. The molecule has 0 aliphatic carbocycles. The first-order chi connectivity index (χ1) is 17.1. The van der Waals surface area contributed by atoms with E-state index in [4.69, 9.17) is 21.2 Å². The maximum Gasteiger partial charge on any atom is 0.352 e. The number of hydrogen-bond acceptors (Lipinski definition) is 5. The lowest BCUT2D eigenvalue weighted by Crippen LogP contribution is -2.17. The maximum absolute atomic E-state index is 11.4. The van der Waals surface area contributed by atoms with E-state index in [1.807, 2.05) is 84.9 Å². The van der Waals surface area contributed by atoms with Gasteiger partial charge in [-0.2, -0.15) is 0 Å². The summed E-state index contributed by atoms with van der Waals surface area (Å²) in [4.78, 5) is 21.4. The summed E-state index contributed by atoms with van der Waals surface area (Å²) in [5.41, 5.74) is 3.98. The highest BCUT2D eigenvalue weighted by Crippen LogP contribution is 2.38. The number of aryl methyl sites for hydroxylation is 1. The molecule has 1 aliphatic rings. The molecule has 0 saturated carbocycles. The van der Waals surface area contributed by atoms with Crippen molar-refractivity contribution >= 4 is 28.5 Å². The summed E-state index contributed by atoms with van der Waals surface area (Å²) < 4.78 is 5.95. The highest BCUT2D eigenvalue weighted by atomic mass is 35.5. The molecule has 0 spiro atoms. The van der Waals surface area contributed by atoms with Crippen LogP contribution in [0.5, 0.6) is 5.75 Å².